The van der Waals surface area contributed by atoms with Gasteiger partial charge in [0.05, 0.1) is 0 Å². The Morgan fingerprint density at radius 3 is 1.43 bits per heavy atom. The predicted molar refractivity (Wildman–Crippen MR) is 39.2 cm³/mol. The molecule has 0 aromatic carbocycles. The van der Waals surface area contributed by atoms with Gasteiger partial charge in [0, 0.05) is 11.2 Å². The molecule has 7 heteroatoms. The maximum atomic E-state index is 9.11. The van der Waals surface area contributed by atoms with E-state index >= 15 is 0 Å². The van der Waals surface area contributed by atoms with Crippen molar-refractivity contribution < 1.29 is 13.3 Å². The van der Waals surface area contributed by atoms with E-state index in [0.29, 0.717) is 0 Å². The minimum absolute atomic E-state index is 0. The highest BCUT2D eigenvalue weighted by molar-refractivity contribution is 8.26. The van der Waals surface area contributed by atoms with Gasteiger partial charge in [-0.3, -0.25) is 9.11 Å². The molecular formula is H7AlMgO3S2. The summed E-state index contributed by atoms with van der Waals surface area (Å²) >= 11 is 3.47. The van der Waals surface area contributed by atoms with E-state index in [0.717, 1.165) is 0 Å². The van der Waals surface area contributed by atoms with E-state index in [-0.39, 0.29) is 40.4 Å². The molecule has 0 fully saturated rings. The zero-order chi connectivity index (χ0) is 4.50. The second kappa shape index (κ2) is 5.72. The Labute approximate surface area is 73.5 Å². The summed E-state index contributed by atoms with van der Waals surface area (Å²) < 4.78 is 24.0. The summed E-state index contributed by atoms with van der Waals surface area (Å²) in [6.45, 7) is 0. The lowest BCUT2D eigenvalue weighted by Crippen LogP contribution is -1.86. The Bertz CT molecular complexity index is 96.1. The van der Waals surface area contributed by atoms with Crippen LogP contribution in [0.4, 0.5) is 0 Å². The lowest BCUT2D eigenvalue weighted by atomic mass is 15.8. The average molecular weight is 170 g/mol. The van der Waals surface area contributed by atoms with Gasteiger partial charge in [0.1, 0.15) is 0 Å². The first kappa shape index (κ1) is 15.8. The monoisotopic (exact) mass is 170 g/mol. The molecule has 0 aromatic heterocycles. The third-order valence-corrected chi connectivity index (χ3v) is 0. The molecule has 7 heavy (non-hydrogen) atoms. The molecule has 0 aliphatic rings. The minimum Gasteiger partial charge on any atom is -0.285 e. The highest BCUT2D eigenvalue weighted by Crippen LogP contribution is 1.62. The van der Waals surface area contributed by atoms with Crippen LogP contribution in [-0.4, -0.2) is 53.7 Å². The molecule has 0 bridgehead atoms. The van der Waals surface area contributed by atoms with Crippen molar-refractivity contribution in [3.8, 4) is 0 Å². The molecule has 3 nitrogen and oxygen atoms in total. The molecule has 0 rings (SSSR count). The van der Waals surface area contributed by atoms with Crippen molar-refractivity contribution in [2.24, 2.45) is 0 Å². The van der Waals surface area contributed by atoms with Crippen LogP contribution in [-0.2, 0) is 20.2 Å². The summed E-state index contributed by atoms with van der Waals surface area (Å²) in [7, 11) is -3.83. The zero-order valence-corrected chi connectivity index (χ0v) is 3.75. The largest absolute Gasteiger partial charge is 0.316 e. The number of hydrogen-bond acceptors (Lipinski definition) is 2. The first-order valence-corrected chi connectivity index (χ1v) is 3.10. The molecule has 0 aliphatic heterocycles. The van der Waals surface area contributed by atoms with Crippen molar-refractivity contribution in [1.29, 1.82) is 0 Å². The SMILES string of the molecule is O=S(O)(O)=S.[AlH3].[MgH2]. The molecule has 0 spiro atoms. The highest BCUT2D eigenvalue weighted by atomic mass is 32.9. The maximum Gasteiger partial charge on any atom is 0.316 e. The number of hydrogen-bond donors (Lipinski definition) is 2. The summed E-state index contributed by atoms with van der Waals surface area (Å²) in [6, 6.07) is 0. The van der Waals surface area contributed by atoms with Gasteiger partial charge in [0.2, 0.25) is 0 Å². The van der Waals surface area contributed by atoms with Crippen LogP contribution >= 0.6 is 0 Å². The third kappa shape index (κ3) is 93.9. The Morgan fingerprint density at radius 2 is 1.43 bits per heavy atom. The Kier molecular flexibility index (Phi) is 12.9. The fraction of sp³-hybridized carbons (Fsp3) is 0. The summed E-state index contributed by atoms with van der Waals surface area (Å²) in [5, 5.41) is 0. The standard InChI is InChI=1S/Al.Mg.H2O3S2.5H/c;;1-5(2,3)4;;;;;/h;;(H2,1,2,3,4);;;;;. The molecule has 0 saturated heterocycles. The van der Waals surface area contributed by atoms with Crippen molar-refractivity contribution in [2.45, 2.75) is 0 Å². The van der Waals surface area contributed by atoms with E-state index < -0.39 is 9.05 Å². The van der Waals surface area contributed by atoms with Crippen molar-refractivity contribution >= 4 is 60.7 Å². The molecule has 0 atom stereocenters. The molecular weight excluding hydrogens is 163 g/mol. The molecule has 0 aromatic rings. The predicted octanol–water partition coefficient (Wildman–Crippen LogP) is -2.42. The second-order valence-electron chi connectivity index (χ2n) is 0.448. The van der Waals surface area contributed by atoms with Gasteiger partial charge >= 0.3 is 23.1 Å². The van der Waals surface area contributed by atoms with Gasteiger partial charge in [-0.1, -0.05) is 0 Å². The Hall–Kier alpha value is 1.59. The van der Waals surface area contributed by atoms with Gasteiger partial charge in [-0.2, -0.15) is 4.21 Å². The maximum absolute atomic E-state index is 9.11. The van der Waals surface area contributed by atoms with E-state index in [9.17, 15) is 0 Å². The highest BCUT2D eigenvalue weighted by Gasteiger charge is 1.78. The molecule has 42 valence electrons. The number of rotatable bonds is 0. The Morgan fingerprint density at radius 1 is 1.43 bits per heavy atom. The fourth-order valence-electron chi connectivity index (χ4n) is 0. The van der Waals surface area contributed by atoms with E-state index in [1.165, 1.54) is 0 Å². The minimum atomic E-state index is -3.83. The van der Waals surface area contributed by atoms with E-state index in [4.69, 9.17) is 13.3 Å². The van der Waals surface area contributed by atoms with Crippen LogP contribution in [0.1, 0.15) is 0 Å². The van der Waals surface area contributed by atoms with Crippen molar-refractivity contribution in [1.82, 2.24) is 0 Å². The van der Waals surface area contributed by atoms with Gasteiger partial charge in [-0.25, -0.2) is 0 Å². The molecule has 0 radical (unpaired) electrons. The molecule has 0 saturated carbocycles. The van der Waals surface area contributed by atoms with Crippen molar-refractivity contribution in [3.05, 3.63) is 0 Å². The van der Waals surface area contributed by atoms with E-state index in [1.807, 2.05) is 0 Å². The molecule has 2 N–H and O–H groups in total. The van der Waals surface area contributed by atoms with Gasteiger partial charge in [-0.15, -0.1) is 0 Å². The van der Waals surface area contributed by atoms with Crippen molar-refractivity contribution in [3.63, 3.8) is 0 Å². The quantitative estimate of drug-likeness (QED) is 0.397. The van der Waals surface area contributed by atoms with Crippen LogP contribution in [0, 0.1) is 0 Å². The van der Waals surface area contributed by atoms with Crippen LogP contribution in [0.5, 0.6) is 0 Å². The smallest absolute Gasteiger partial charge is 0.285 e. The molecule has 0 heterocycles. The summed E-state index contributed by atoms with van der Waals surface area (Å²) in [5.41, 5.74) is 0. The molecule has 0 aliphatic carbocycles. The Balaban J connectivity index is -0.0000000800. The van der Waals surface area contributed by atoms with Crippen LogP contribution in [0.15, 0.2) is 0 Å². The van der Waals surface area contributed by atoms with Gasteiger partial charge in [0.15, 0.2) is 17.4 Å². The lowest BCUT2D eigenvalue weighted by Gasteiger charge is -1.73. The first-order chi connectivity index (χ1) is 2.00. The summed E-state index contributed by atoms with van der Waals surface area (Å²) in [4.78, 5) is 0. The fourth-order valence-corrected chi connectivity index (χ4v) is 0. The van der Waals surface area contributed by atoms with E-state index in [2.05, 4.69) is 11.2 Å². The summed E-state index contributed by atoms with van der Waals surface area (Å²) in [5.74, 6) is 0. The van der Waals surface area contributed by atoms with Crippen LogP contribution < -0.4 is 0 Å². The van der Waals surface area contributed by atoms with Crippen LogP contribution in [0.3, 0.4) is 0 Å². The van der Waals surface area contributed by atoms with E-state index in [1.54, 1.807) is 0 Å². The molecule has 0 amide bonds. The average Bonchev–Trinajstić information content (AvgIpc) is 0.722. The summed E-state index contributed by atoms with van der Waals surface area (Å²) in [6.07, 6.45) is 0. The van der Waals surface area contributed by atoms with Crippen molar-refractivity contribution in [2.75, 3.05) is 0 Å². The van der Waals surface area contributed by atoms with Gasteiger partial charge < -0.3 is 0 Å². The van der Waals surface area contributed by atoms with Gasteiger partial charge in [-0.05, 0) is 0 Å². The topological polar surface area (TPSA) is 57.5 Å². The first-order valence-electron chi connectivity index (χ1n) is 0.698. The third-order valence-electron chi connectivity index (χ3n) is 0. The zero-order valence-electron chi connectivity index (χ0n) is 2.12. The second-order valence-corrected chi connectivity index (χ2v) is 2.65. The van der Waals surface area contributed by atoms with Gasteiger partial charge in [0.25, 0.3) is 9.05 Å². The molecule has 0 unspecified atom stereocenters. The van der Waals surface area contributed by atoms with Crippen LogP contribution in [0.25, 0.3) is 0 Å². The lowest BCUT2D eigenvalue weighted by molar-refractivity contribution is 0.450. The van der Waals surface area contributed by atoms with Crippen LogP contribution in [0.2, 0.25) is 0 Å². The normalized spacial score (nSPS) is 8.29.